The number of pyridine rings is 1. The van der Waals surface area contributed by atoms with Crippen molar-refractivity contribution in [1.82, 2.24) is 9.38 Å². The smallest absolute Gasteiger partial charge is 0.355 e. The van der Waals surface area contributed by atoms with Crippen LogP contribution in [0.2, 0.25) is 10.0 Å². The molecule has 0 atom stereocenters. The number of aryl methyl sites for hydroxylation is 1. The molecule has 0 aliphatic heterocycles. The van der Waals surface area contributed by atoms with E-state index in [1.807, 2.05) is 13.0 Å². The number of benzene rings is 1. The molecule has 2 heterocycles. The SMILES string of the molecule is Cc1cc(-c2nc3ccc(Cl)cn3c2C(=O)O)ccc1Cl. The molecule has 6 heteroatoms. The number of carbonyl (C=O) groups is 1. The van der Waals surface area contributed by atoms with Gasteiger partial charge in [-0.05, 0) is 36.8 Å². The van der Waals surface area contributed by atoms with Gasteiger partial charge in [0.25, 0.3) is 0 Å². The summed E-state index contributed by atoms with van der Waals surface area (Å²) in [6.45, 7) is 1.86. The Kier molecular flexibility index (Phi) is 3.35. The summed E-state index contributed by atoms with van der Waals surface area (Å²) in [6, 6.07) is 8.66. The van der Waals surface area contributed by atoms with Crippen LogP contribution in [0.25, 0.3) is 16.9 Å². The van der Waals surface area contributed by atoms with Crippen LogP contribution in [0.5, 0.6) is 0 Å². The van der Waals surface area contributed by atoms with E-state index in [1.54, 1.807) is 30.5 Å². The number of aromatic carboxylic acids is 1. The molecular weight excluding hydrogens is 311 g/mol. The number of imidazole rings is 1. The van der Waals surface area contributed by atoms with E-state index >= 15 is 0 Å². The first-order valence-corrected chi connectivity index (χ1v) is 6.90. The van der Waals surface area contributed by atoms with E-state index in [4.69, 9.17) is 23.2 Å². The molecule has 0 saturated carbocycles. The molecule has 4 nitrogen and oxygen atoms in total. The number of halogens is 2. The van der Waals surface area contributed by atoms with Crippen LogP contribution in [-0.4, -0.2) is 20.5 Å². The lowest BCUT2D eigenvalue weighted by Crippen LogP contribution is -2.03. The number of fused-ring (bicyclic) bond motifs is 1. The van der Waals surface area contributed by atoms with Crippen molar-refractivity contribution in [1.29, 1.82) is 0 Å². The van der Waals surface area contributed by atoms with Gasteiger partial charge in [-0.15, -0.1) is 0 Å². The van der Waals surface area contributed by atoms with Crippen molar-refractivity contribution in [2.75, 3.05) is 0 Å². The fourth-order valence-electron chi connectivity index (χ4n) is 2.22. The number of carboxylic acids is 1. The highest BCUT2D eigenvalue weighted by atomic mass is 35.5. The molecule has 106 valence electrons. The van der Waals surface area contributed by atoms with Gasteiger partial charge < -0.3 is 5.11 Å². The minimum Gasteiger partial charge on any atom is -0.476 e. The lowest BCUT2D eigenvalue weighted by atomic mass is 10.1. The van der Waals surface area contributed by atoms with E-state index in [0.717, 1.165) is 5.56 Å². The molecule has 0 fully saturated rings. The lowest BCUT2D eigenvalue weighted by molar-refractivity contribution is 0.0690. The predicted octanol–water partition coefficient (Wildman–Crippen LogP) is 4.31. The topological polar surface area (TPSA) is 54.6 Å². The van der Waals surface area contributed by atoms with Crippen molar-refractivity contribution in [3.8, 4) is 11.3 Å². The summed E-state index contributed by atoms with van der Waals surface area (Å²) in [5.74, 6) is -1.06. The summed E-state index contributed by atoms with van der Waals surface area (Å²) >= 11 is 11.9. The van der Waals surface area contributed by atoms with Gasteiger partial charge in [-0.2, -0.15) is 0 Å². The highest BCUT2D eigenvalue weighted by molar-refractivity contribution is 6.31. The summed E-state index contributed by atoms with van der Waals surface area (Å²) in [6.07, 6.45) is 1.54. The van der Waals surface area contributed by atoms with Crippen molar-refractivity contribution in [2.45, 2.75) is 6.92 Å². The van der Waals surface area contributed by atoms with Crippen LogP contribution in [0, 0.1) is 6.92 Å². The van der Waals surface area contributed by atoms with Crippen molar-refractivity contribution in [3.05, 3.63) is 57.8 Å². The number of carboxylic acid groups (broad SMARTS) is 1. The highest BCUT2D eigenvalue weighted by Crippen LogP contribution is 2.28. The van der Waals surface area contributed by atoms with Gasteiger partial charge in [0.2, 0.25) is 0 Å². The Labute approximate surface area is 130 Å². The van der Waals surface area contributed by atoms with Crippen LogP contribution in [-0.2, 0) is 0 Å². The van der Waals surface area contributed by atoms with E-state index in [9.17, 15) is 9.90 Å². The van der Waals surface area contributed by atoms with E-state index < -0.39 is 5.97 Å². The summed E-state index contributed by atoms with van der Waals surface area (Å²) in [5.41, 5.74) is 2.56. The first kappa shape index (κ1) is 13.9. The van der Waals surface area contributed by atoms with Crippen molar-refractivity contribution >= 4 is 34.8 Å². The van der Waals surface area contributed by atoms with Crippen LogP contribution in [0.15, 0.2) is 36.5 Å². The molecular formula is C15H10Cl2N2O2. The molecule has 21 heavy (non-hydrogen) atoms. The van der Waals surface area contributed by atoms with Crippen molar-refractivity contribution < 1.29 is 9.90 Å². The van der Waals surface area contributed by atoms with E-state index in [1.165, 1.54) is 4.40 Å². The zero-order chi connectivity index (χ0) is 15.1. The number of aromatic nitrogens is 2. The summed E-state index contributed by atoms with van der Waals surface area (Å²) in [4.78, 5) is 16.0. The van der Waals surface area contributed by atoms with Gasteiger partial charge in [0.05, 0.1) is 5.02 Å². The van der Waals surface area contributed by atoms with E-state index in [2.05, 4.69) is 4.98 Å². The molecule has 0 spiro atoms. The molecule has 0 saturated heterocycles. The second-order valence-electron chi connectivity index (χ2n) is 4.65. The van der Waals surface area contributed by atoms with Crippen LogP contribution >= 0.6 is 23.2 Å². The van der Waals surface area contributed by atoms with Gasteiger partial charge in [0.1, 0.15) is 11.3 Å². The van der Waals surface area contributed by atoms with Gasteiger partial charge in [-0.25, -0.2) is 9.78 Å². The molecule has 0 radical (unpaired) electrons. The Balaban J connectivity index is 2.33. The molecule has 1 aromatic carbocycles. The first-order chi connectivity index (χ1) is 9.97. The average Bonchev–Trinajstić information content (AvgIpc) is 2.80. The fraction of sp³-hybridized carbons (Fsp3) is 0.0667. The largest absolute Gasteiger partial charge is 0.476 e. The minimum atomic E-state index is -1.06. The van der Waals surface area contributed by atoms with Gasteiger partial charge >= 0.3 is 5.97 Å². The standard InChI is InChI=1S/C15H10Cl2N2O2/c1-8-6-9(2-4-11(8)17)13-14(15(20)21)19-7-10(16)3-5-12(19)18-13/h2-7H,1H3,(H,20,21). The van der Waals surface area contributed by atoms with Crippen molar-refractivity contribution in [3.63, 3.8) is 0 Å². The van der Waals surface area contributed by atoms with Crippen molar-refractivity contribution in [2.24, 2.45) is 0 Å². The molecule has 0 aliphatic rings. The summed E-state index contributed by atoms with van der Waals surface area (Å²) in [7, 11) is 0. The van der Waals surface area contributed by atoms with Crippen LogP contribution in [0.1, 0.15) is 16.1 Å². The fourth-order valence-corrected chi connectivity index (χ4v) is 2.49. The molecule has 3 aromatic rings. The molecule has 2 aromatic heterocycles. The van der Waals surface area contributed by atoms with Gasteiger partial charge in [-0.1, -0.05) is 29.3 Å². The Morgan fingerprint density at radius 2 is 2.00 bits per heavy atom. The lowest BCUT2D eigenvalue weighted by Gasteiger charge is -2.03. The Morgan fingerprint density at radius 1 is 1.24 bits per heavy atom. The minimum absolute atomic E-state index is 0.0780. The number of nitrogens with zero attached hydrogens (tertiary/aromatic N) is 2. The maximum absolute atomic E-state index is 11.6. The highest BCUT2D eigenvalue weighted by Gasteiger charge is 2.20. The number of hydrogen-bond acceptors (Lipinski definition) is 2. The summed E-state index contributed by atoms with van der Waals surface area (Å²) in [5, 5.41) is 10.6. The molecule has 1 N–H and O–H groups in total. The zero-order valence-corrected chi connectivity index (χ0v) is 12.5. The second-order valence-corrected chi connectivity index (χ2v) is 5.50. The monoisotopic (exact) mass is 320 g/mol. The third kappa shape index (κ3) is 2.37. The molecule has 0 amide bonds. The number of hydrogen-bond donors (Lipinski definition) is 1. The van der Waals surface area contributed by atoms with E-state index in [0.29, 0.717) is 26.9 Å². The maximum Gasteiger partial charge on any atom is 0.355 e. The average molecular weight is 321 g/mol. The third-order valence-corrected chi connectivity index (χ3v) is 3.86. The van der Waals surface area contributed by atoms with Crippen LogP contribution in [0.4, 0.5) is 0 Å². The molecule has 0 bridgehead atoms. The molecule has 0 aliphatic carbocycles. The quantitative estimate of drug-likeness (QED) is 0.765. The predicted molar refractivity (Wildman–Crippen MR) is 82.3 cm³/mol. The summed E-state index contributed by atoms with van der Waals surface area (Å²) < 4.78 is 1.48. The van der Waals surface area contributed by atoms with Crippen LogP contribution < -0.4 is 0 Å². The molecule has 3 rings (SSSR count). The van der Waals surface area contributed by atoms with E-state index in [-0.39, 0.29) is 5.69 Å². The third-order valence-electron chi connectivity index (χ3n) is 3.22. The Morgan fingerprint density at radius 3 is 2.67 bits per heavy atom. The molecule has 0 unspecified atom stereocenters. The Hall–Kier alpha value is -2.04. The zero-order valence-electron chi connectivity index (χ0n) is 11.0. The van der Waals surface area contributed by atoms with Gasteiger partial charge in [0.15, 0.2) is 5.69 Å². The maximum atomic E-state index is 11.6. The Bertz CT molecular complexity index is 871. The van der Waals surface area contributed by atoms with Gasteiger partial charge in [-0.3, -0.25) is 4.40 Å². The number of rotatable bonds is 2. The van der Waals surface area contributed by atoms with Gasteiger partial charge in [0, 0.05) is 16.8 Å². The normalized spacial score (nSPS) is 11.0. The second kappa shape index (κ2) is 5.06. The first-order valence-electron chi connectivity index (χ1n) is 6.15. The van der Waals surface area contributed by atoms with Crippen LogP contribution in [0.3, 0.4) is 0 Å².